The van der Waals surface area contributed by atoms with Crippen LogP contribution in [-0.4, -0.2) is 49.7 Å². The fraction of sp³-hybridized carbons (Fsp3) is 0.481. The van der Waals surface area contributed by atoms with Gasteiger partial charge in [-0.05, 0) is 72.6 Å². The zero-order valence-electron chi connectivity index (χ0n) is 20.8. The van der Waals surface area contributed by atoms with Gasteiger partial charge in [0.05, 0.1) is 20.3 Å². The number of amides is 3. The maximum absolute atomic E-state index is 13.7. The molecule has 2 N–H and O–H groups in total. The molecule has 0 aromatic heterocycles. The minimum absolute atomic E-state index is 0.142. The van der Waals surface area contributed by atoms with Gasteiger partial charge in [0.1, 0.15) is 11.9 Å². The third-order valence-corrected chi connectivity index (χ3v) is 6.57. The number of halogens is 1. The molecule has 4 rings (SSSR count). The normalized spacial score (nSPS) is 18.0. The second kappa shape index (κ2) is 10.5. The van der Waals surface area contributed by atoms with E-state index in [1.54, 1.807) is 31.3 Å². The number of nitrogens with one attached hydrogen (secondary N) is 2. The Morgan fingerprint density at radius 2 is 1.74 bits per heavy atom. The van der Waals surface area contributed by atoms with E-state index in [9.17, 15) is 14.0 Å². The quantitative estimate of drug-likeness (QED) is 0.590. The van der Waals surface area contributed by atoms with Gasteiger partial charge >= 0.3 is 6.03 Å². The summed E-state index contributed by atoms with van der Waals surface area (Å²) in [5.74, 6) is 0.924. The Kier molecular flexibility index (Phi) is 7.48. The smallest absolute Gasteiger partial charge is 0.318 e. The molecule has 1 aliphatic heterocycles. The number of benzene rings is 2. The number of hydrogen-bond acceptors (Lipinski definition) is 4. The third-order valence-electron chi connectivity index (χ3n) is 6.57. The molecule has 188 valence electrons. The molecule has 3 amide bonds. The second-order valence-corrected chi connectivity index (χ2v) is 9.72. The van der Waals surface area contributed by atoms with Gasteiger partial charge in [-0.1, -0.05) is 26.0 Å². The van der Waals surface area contributed by atoms with Gasteiger partial charge in [0.2, 0.25) is 5.91 Å². The van der Waals surface area contributed by atoms with Crippen LogP contribution in [0.25, 0.3) is 0 Å². The fourth-order valence-corrected chi connectivity index (χ4v) is 4.63. The van der Waals surface area contributed by atoms with E-state index in [1.165, 1.54) is 12.1 Å². The van der Waals surface area contributed by atoms with Crippen LogP contribution in [0.5, 0.6) is 11.5 Å². The average molecular weight is 484 g/mol. The van der Waals surface area contributed by atoms with Gasteiger partial charge in [0, 0.05) is 12.6 Å². The summed E-state index contributed by atoms with van der Waals surface area (Å²) in [6, 6.07) is 8.79. The molecule has 2 unspecified atom stereocenters. The van der Waals surface area contributed by atoms with Crippen molar-refractivity contribution in [3.63, 3.8) is 0 Å². The summed E-state index contributed by atoms with van der Waals surface area (Å²) in [7, 11) is 3.16. The summed E-state index contributed by atoms with van der Waals surface area (Å²) < 4.78 is 24.7. The number of urea groups is 1. The minimum atomic E-state index is -0.622. The molecular weight excluding hydrogens is 449 g/mol. The summed E-state index contributed by atoms with van der Waals surface area (Å²) in [4.78, 5) is 28.2. The Labute approximate surface area is 206 Å². The first-order chi connectivity index (χ1) is 16.8. The molecule has 2 aliphatic rings. The van der Waals surface area contributed by atoms with E-state index in [0.717, 1.165) is 29.5 Å². The van der Waals surface area contributed by atoms with Crippen molar-refractivity contribution in [2.75, 3.05) is 20.8 Å². The molecule has 35 heavy (non-hydrogen) atoms. The summed E-state index contributed by atoms with van der Waals surface area (Å²) in [6.45, 7) is 4.50. The first kappa shape index (κ1) is 24.8. The van der Waals surface area contributed by atoms with E-state index < -0.39 is 12.1 Å². The number of methoxy groups -OCH3 is 2. The average Bonchev–Trinajstić information content (AvgIpc) is 3.66. The molecule has 0 radical (unpaired) electrons. The molecule has 2 aromatic carbocycles. The number of rotatable bonds is 8. The molecule has 0 bridgehead atoms. The number of carbonyl (C=O) groups excluding carboxylic acids is 2. The van der Waals surface area contributed by atoms with Crippen LogP contribution in [0, 0.1) is 11.7 Å². The Morgan fingerprint density at radius 1 is 1.09 bits per heavy atom. The molecule has 1 fully saturated rings. The number of ether oxygens (including phenoxy) is 2. The maximum Gasteiger partial charge on any atom is 0.318 e. The van der Waals surface area contributed by atoms with Crippen LogP contribution in [0.15, 0.2) is 36.4 Å². The predicted octanol–water partition coefficient (Wildman–Crippen LogP) is 4.19. The van der Waals surface area contributed by atoms with Crippen molar-refractivity contribution in [2.45, 2.75) is 57.7 Å². The number of carbonyl (C=O) groups is 2. The summed E-state index contributed by atoms with van der Waals surface area (Å²) >= 11 is 0. The Bertz CT molecular complexity index is 1070. The van der Waals surface area contributed by atoms with Gasteiger partial charge in [0.15, 0.2) is 11.5 Å². The molecule has 1 aliphatic carbocycles. The van der Waals surface area contributed by atoms with Crippen LogP contribution in [0.4, 0.5) is 9.18 Å². The van der Waals surface area contributed by atoms with E-state index in [2.05, 4.69) is 10.6 Å². The van der Waals surface area contributed by atoms with E-state index in [1.807, 2.05) is 26.0 Å². The van der Waals surface area contributed by atoms with E-state index >= 15 is 0 Å². The van der Waals surface area contributed by atoms with Gasteiger partial charge in [-0.3, -0.25) is 4.79 Å². The van der Waals surface area contributed by atoms with Crippen molar-refractivity contribution < 1.29 is 23.5 Å². The first-order valence-electron chi connectivity index (χ1n) is 12.2. The lowest BCUT2D eigenvalue weighted by Crippen LogP contribution is -2.54. The van der Waals surface area contributed by atoms with Crippen molar-refractivity contribution in [1.82, 2.24) is 15.5 Å². The zero-order valence-corrected chi connectivity index (χ0v) is 20.8. The van der Waals surface area contributed by atoms with Crippen LogP contribution >= 0.6 is 0 Å². The van der Waals surface area contributed by atoms with Gasteiger partial charge in [0.25, 0.3) is 0 Å². The molecule has 0 saturated heterocycles. The molecule has 1 heterocycles. The lowest BCUT2D eigenvalue weighted by molar-refractivity contribution is -0.123. The SMILES string of the molecule is COc1cc2c(cc1OC)C(c1ccc(F)cc1)N(C(=O)NC(CC(C)C)C(=O)NC1CC1)CC2. The van der Waals surface area contributed by atoms with Crippen LogP contribution in [-0.2, 0) is 11.2 Å². The Balaban J connectivity index is 1.67. The summed E-state index contributed by atoms with van der Waals surface area (Å²) in [5.41, 5.74) is 2.70. The van der Waals surface area contributed by atoms with Crippen LogP contribution in [0.1, 0.15) is 55.8 Å². The van der Waals surface area contributed by atoms with Gasteiger partial charge in [-0.15, -0.1) is 0 Å². The summed E-state index contributed by atoms with van der Waals surface area (Å²) in [6.07, 6.45) is 3.12. The van der Waals surface area contributed by atoms with Crippen molar-refractivity contribution in [2.24, 2.45) is 5.92 Å². The molecule has 2 aromatic rings. The van der Waals surface area contributed by atoms with Crippen LogP contribution in [0.2, 0.25) is 0 Å². The lowest BCUT2D eigenvalue weighted by atomic mass is 9.87. The Hall–Kier alpha value is -3.29. The topological polar surface area (TPSA) is 79.9 Å². The highest BCUT2D eigenvalue weighted by Gasteiger charge is 2.36. The fourth-order valence-electron chi connectivity index (χ4n) is 4.63. The Morgan fingerprint density at radius 3 is 2.34 bits per heavy atom. The maximum atomic E-state index is 13.7. The largest absolute Gasteiger partial charge is 0.493 e. The highest BCUT2D eigenvalue weighted by Crippen LogP contribution is 2.41. The lowest BCUT2D eigenvalue weighted by Gasteiger charge is -2.39. The molecule has 7 nitrogen and oxygen atoms in total. The van der Waals surface area contributed by atoms with Gasteiger partial charge in [-0.25, -0.2) is 9.18 Å². The van der Waals surface area contributed by atoms with E-state index in [4.69, 9.17) is 9.47 Å². The van der Waals surface area contributed by atoms with Crippen molar-refractivity contribution in [3.8, 4) is 11.5 Å². The van der Waals surface area contributed by atoms with Gasteiger partial charge < -0.3 is 25.0 Å². The van der Waals surface area contributed by atoms with Gasteiger partial charge in [-0.2, -0.15) is 0 Å². The number of nitrogens with zero attached hydrogens (tertiary/aromatic N) is 1. The molecule has 1 saturated carbocycles. The third kappa shape index (κ3) is 5.69. The minimum Gasteiger partial charge on any atom is -0.493 e. The van der Waals surface area contributed by atoms with Crippen molar-refractivity contribution in [3.05, 3.63) is 58.9 Å². The number of hydrogen-bond donors (Lipinski definition) is 2. The molecular formula is C27H34FN3O4. The summed E-state index contributed by atoms with van der Waals surface area (Å²) in [5, 5.41) is 6.00. The van der Waals surface area contributed by atoms with Crippen LogP contribution < -0.4 is 20.1 Å². The highest BCUT2D eigenvalue weighted by atomic mass is 19.1. The molecule has 8 heteroatoms. The van der Waals surface area contributed by atoms with Crippen molar-refractivity contribution in [1.29, 1.82) is 0 Å². The van der Waals surface area contributed by atoms with Crippen LogP contribution in [0.3, 0.4) is 0 Å². The predicted molar refractivity (Wildman–Crippen MR) is 131 cm³/mol. The molecule has 0 spiro atoms. The molecule has 2 atom stereocenters. The highest BCUT2D eigenvalue weighted by molar-refractivity contribution is 5.87. The monoisotopic (exact) mass is 483 g/mol. The first-order valence-corrected chi connectivity index (χ1v) is 12.2. The van der Waals surface area contributed by atoms with Crippen molar-refractivity contribution >= 4 is 11.9 Å². The number of fused-ring (bicyclic) bond motifs is 1. The second-order valence-electron chi connectivity index (χ2n) is 9.72. The zero-order chi connectivity index (χ0) is 25.1. The van der Waals surface area contributed by atoms with E-state index in [-0.39, 0.29) is 29.7 Å². The van der Waals surface area contributed by atoms with E-state index in [0.29, 0.717) is 30.9 Å². The standard InChI is InChI=1S/C27H34FN3O4/c1-16(2)13-22(26(32)29-20-9-10-20)30-27(33)31-12-11-18-14-23(34-3)24(35-4)15-21(18)25(31)17-5-7-19(28)8-6-17/h5-8,14-16,20,22,25H,9-13H2,1-4H3,(H,29,32)(H,30,33).